The second kappa shape index (κ2) is 6.04. The fraction of sp³-hybridized carbons (Fsp3) is 0.455. The van der Waals surface area contributed by atoms with Gasteiger partial charge in [0.15, 0.2) is 0 Å². The Hall–Kier alpha value is -0.960. The summed E-state index contributed by atoms with van der Waals surface area (Å²) in [5, 5.41) is 19.3. The molecule has 0 unspecified atom stereocenters. The van der Waals surface area contributed by atoms with Crippen molar-refractivity contribution in [3.63, 3.8) is 0 Å². The van der Waals surface area contributed by atoms with E-state index in [1.54, 1.807) is 0 Å². The molecule has 2 nitrogen and oxygen atoms in total. The van der Waals surface area contributed by atoms with Crippen LogP contribution in [-0.4, -0.2) is 10.2 Å². The minimum absolute atomic E-state index is 0. The summed E-state index contributed by atoms with van der Waals surface area (Å²) in [6.45, 7) is 0. The van der Waals surface area contributed by atoms with E-state index >= 15 is 0 Å². The predicted octanol–water partition coefficient (Wildman–Crippen LogP) is 2.00. The van der Waals surface area contributed by atoms with Gasteiger partial charge in [0.05, 0.1) is 0 Å². The van der Waals surface area contributed by atoms with Crippen LogP contribution in [0.5, 0.6) is 11.5 Å². The first kappa shape index (κ1) is 17.5. The van der Waals surface area contributed by atoms with Gasteiger partial charge in [0, 0.05) is 0 Å². The van der Waals surface area contributed by atoms with Crippen LogP contribution in [0.25, 0.3) is 0 Å². The summed E-state index contributed by atoms with van der Waals surface area (Å²) in [5.74, 6) is 2.34. The largest absolute Gasteiger partial charge is 1.00 e. The molecule has 4 saturated carbocycles. The van der Waals surface area contributed by atoms with E-state index in [4.69, 9.17) is 0 Å². The number of hydrogen-bond acceptors (Lipinski definition) is 2. The van der Waals surface area contributed by atoms with Crippen molar-refractivity contribution < 1.29 is 41.2 Å². The molecule has 2 aromatic rings. The Kier molecular flexibility index (Phi) is 4.22. The number of hydrogen-bond donors (Lipinski definition) is 2. The van der Waals surface area contributed by atoms with Crippen LogP contribution in [0.1, 0.15) is 51.1 Å². The van der Waals surface area contributed by atoms with E-state index in [0.717, 1.165) is 11.8 Å². The molecule has 6 rings (SSSR count). The molecule has 126 valence electrons. The van der Waals surface area contributed by atoms with Crippen molar-refractivity contribution in [2.24, 2.45) is 11.8 Å². The zero-order valence-corrected chi connectivity index (χ0v) is 16.9. The van der Waals surface area contributed by atoms with Crippen LogP contribution in [-0.2, 0) is 10.8 Å². The average molecular weight is 344 g/mol. The molecule has 0 aliphatic heterocycles. The van der Waals surface area contributed by atoms with Gasteiger partial charge in [0.2, 0.25) is 0 Å². The zero-order chi connectivity index (χ0) is 16.4. The van der Waals surface area contributed by atoms with Gasteiger partial charge >= 0.3 is 29.6 Å². The molecule has 2 N–H and O–H groups in total. The second-order valence-electron chi connectivity index (χ2n) is 8.62. The van der Waals surface area contributed by atoms with Crippen molar-refractivity contribution in [1.82, 2.24) is 0 Å². The van der Waals surface area contributed by atoms with E-state index in [-0.39, 0.29) is 41.8 Å². The van der Waals surface area contributed by atoms with Crippen molar-refractivity contribution in [2.45, 2.75) is 49.4 Å². The van der Waals surface area contributed by atoms with Gasteiger partial charge in [0.25, 0.3) is 0 Å². The molecule has 2 aromatic carbocycles. The maximum atomic E-state index is 9.67. The summed E-state index contributed by atoms with van der Waals surface area (Å²) in [4.78, 5) is 0. The third kappa shape index (κ3) is 2.74. The number of benzene rings is 2. The molecule has 0 radical (unpaired) electrons. The molecule has 4 aliphatic carbocycles. The van der Waals surface area contributed by atoms with Crippen LogP contribution in [0.3, 0.4) is 0 Å². The summed E-state index contributed by atoms with van der Waals surface area (Å²) < 4.78 is 0. The number of phenols is 2. The van der Waals surface area contributed by atoms with Crippen molar-refractivity contribution in [2.75, 3.05) is 0 Å². The van der Waals surface area contributed by atoms with Gasteiger partial charge in [-0.05, 0) is 96.6 Å². The van der Waals surface area contributed by atoms with Crippen LogP contribution in [0.2, 0.25) is 0 Å². The van der Waals surface area contributed by atoms with E-state index in [0.29, 0.717) is 11.5 Å². The molecule has 0 saturated heterocycles. The quantitative estimate of drug-likeness (QED) is 0.818. The molecule has 4 bridgehead atoms. The standard InChI is InChI=1S/C22H24O2.Na.H/c23-19-5-1-17(2-6-19)21-10-15-9-16(11-21)13-22(12-15,14-21)18-3-7-20(24)8-4-18;;/h1-8,15-16,23-24H,9-14H2;;/q;+1;-1. The van der Waals surface area contributed by atoms with E-state index in [2.05, 4.69) is 24.3 Å². The van der Waals surface area contributed by atoms with Crippen LogP contribution in [0, 0.1) is 11.8 Å². The Morgan fingerprint density at radius 1 is 0.680 bits per heavy atom. The van der Waals surface area contributed by atoms with Gasteiger partial charge in [-0.3, -0.25) is 0 Å². The summed E-state index contributed by atoms with van der Waals surface area (Å²) in [6, 6.07) is 16.0. The Bertz CT molecular complexity index is 694. The van der Waals surface area contributed by atoms with E-state index in [1.807, 2.05) is 24.3 Å². The zero-order valence-electron chi connectivity index (χ0n) is 15.9. The molecule has 4 fully saturated rings. The average Bonchev–Trinajstić information content (AvgIpc) is 2.54. The molecule has 0 amide bonds. The number of rotatable bonds is 2. The van der Waals surface area contributed by atoms with Gasteiger partial charge < -0.3 is 11.6 Å². The normalized spacial score (nSPS) is 35.4. The Morgan fingerprint density at radius 3 is 1.40 bits per heavy atom. The molecular formula is C22H25NaO2. The van der Waals surface area contributed by atoms with Crippen LogP contribution < -0.4 is 29.6 Å². The molecule has 0 atom stereocenters. The van der Waals surface area contributed by atoms with E-state index < -0.39 is 0 Å². The van der Waals surface area contributed by atoms with Gasteiger partial charge in [-0.25, -0.2) is 0 Å². The Labute approximate surface area is 173 Å². The summed E-state index contributed by atoms with van der Waals surface area (Å²) in [5.41, 5.74) is 3.38. The topological polar surface area (TPSA) is 40.5 Å². The number of phenolic OH excluding ortho intramolecular Hbond substituents is 2. The van der Waals surface area contributed by atoms with Crippen LogP contribution in [0.15, 0.2) is 48.5 Å². The number of aromatic hydroxyl groups is 2. The molecule has 3 heteroatoms. The summed E-state index contributed by atoms with van der Waals surface area (Å²) in [6.07, 6.45) is 7.80. The van der Waals surface area contributed by atoms with Crippen molar-refractivity contribution in [3.8, 4) is 11.5 Å². The maximum absolute atomic E-state index is 9.67. The molecule has 0 aromatic heterocycles. The second-order valence-corrected chi connectivity index (χ2v) is 8.62. The molecular weight excluding hydrogens is 319 g/mol. The fourth-order valence-electron chi connectivity index (χ4n) is 6.57. The fourth-order valence-corrected chi connectivity index (χ4v) is 6.57. The van der Waals surface area contributed by atoms with Gasteiger partial charge in [0.1, 0.15) is 11.5 Å². The van der Waals surface area contributed by atoms with Gasteiger partial charge in [-0.15, -0.1) is 0 Å². The predicted molar refractivity (Wildman–Crippen MR) is 95.4 cm³/mol. The van der Waals surface area contributed by atoms with Crippen LogP contribution in [0.4, 0.5) is 0 Å². The van der Waals surface area contributed by atoms with Crippen molar-refractivity contribution in [3.05, 3.63) is 59.7 Å². The van der Waals surface area contributed by atoms with E-state index in [1.165, 1.54) is 49.7 Å². The molecule has 4 aliphatic rings. The monoisotopic (exact) mass is 344 g/mol. The first-order valence-electron chi connectivity index (χ1n) is 9.16. The third-order valence-electron chi connectivity index (χ3n) is 7.02. The molecule has 0 spiro atoms. The molecule has 25 heavy (non-hydrogen) atoms. The van der Waals surface area contributed by atoms with Gasteiger partial charge in [-0.2, -0.15) is 0 Å². The third-order valence-corrected chi connectivity index (χ3v) is 7.02. The van der Waals surface area contributed by atoms with Crippen molar-refractivity contribution >= 4 is 0 Å². The first-order chi connectivity index (χ1) is 11.6. The Morgan fingerprint density at radius 2 is 1.04 bits per heavy atom. The van der Waals surface area contributed by atoms with E-state index in [9.17, 15) is 10.2 Å². The molecule has 0 heterocycles. The van der Waals surface area contributed by atoms with Crippen LogP contribution >= 0.6 is 0 Å². The Balaban J connectivity index is 0.000000980. The smallest absolute Gasteiger partial charge is 1.00 e. The first-order valence-corrected chi connectivity index (χ1v) is 9.16. The summed E-state index contributed by atoms with van der Waals surface area (Å²) >= 11 is 0. The maximum Gasteiger partial charge on any atom is 1.00 e. The van der Waals surface area contributed by atoms with Crippen molar-refractivity contribution in [1.29, 1.82) is 0 Å². The summed E-state index contributed by atoms with van der Waals surface area (Å²) in [7, 11) is 0. The van der Waals surface area contributed by atoms with Gasteiger partial charge in [-0.1, -0.05) is 24.3 Å². The SMILES string of the molecule is Oc1ccc(C23CC4CC(C2)CC(c2ccc(O)cc2)(C4)C3)cc1.[H-].[Na+]. The minimum Gasteiger partial charge on any atom is -1.00 e. The minimum atomic E-state index is 0.